The molecule has 3 aromatic rings. The van der Waals surface area contributed by atoms with Crippen LogP contribution in [0.15, 0.2) is 58.2 Å². The molecule has 1 heterocycles. The highest BCUT2D eigenvalue weighted by Crippen LogP contribution is 2.21. The van der Waals surface area contributed by atoms with Crippen LogP contribution in [-0.4, -0.2) is 35.4 Å². The molecule has 0 aliphatic rings. The van der Waals surface area contributed by atoms with E-state index in [-0.39, 0.29) is 29.1 Å². The first kappa shape index (κ1) is 19.8. The number of nitrogens with two attached hydrogens (primary N) is 1. The molecule has 0 spiro atoms. The van der Waals surface area contributed by atoms with E-state index in [0.717, 1.165) is 11.1 Å². The first-order valence-corrected chi connectivity index (χ1v) is 10.2. The van der Waals surface area contributed by atoms with Crippen molar-refractivity contribution in [2.75, 3.05) is 7.05 Å². The van der Waals surface area contributed by atoms with E-state index >= 15 is 0 Å². The smallest absolute Gasteiger partial charge is 0.329 e. The van der Waals surface area contributed by atoms with Crippen LogP contribution in [0.4, 0.5) is 0 Å². The van der Waals surface area contributed by atoms with Gasteiger partial charge in [-0.25, -0.2) is 18.4 Å². The predicted molar refractivity (Wildman–Crippen MR) is 106 cm³/mol. The Kier molecular flexibility index (Phi) is 5.14. The zero-order valence-corrected chi connectivity index (χ0v) is 16.7. The maximum Gasteiger partial charge on any atom is 0.329 e. The van der Waals surface area contributed by atoms with Gasteiger partial charge in [-0.2, -0.15) is 0 Å². The summed E-state index contributed by atoms with van der Waals surface area (Å²) in [6, 6.07) is 13.1. The van der Waals surface area contributed by atoms with Gasteiger partial charge < -0.3 is 4.90 Å². The number of nitrogens with zero attached hydrogens (tertiary/aromatic N) is 3. The summed E-state index contributed by atoms with van der Waals surface area (Å²) in [5, 5.41) is 5.11. The molecule has 0 aliphatic heterocycles. The van der Waals surface area contributed by atoms with Crippen molar-refractivity contribution in [3.8, 4) is 0 Å². The number of likely N-dealkylation sites (N-methyl/N-ethyl adjacent to an activating group) is 1. The summed E-state index contributed by atoms with van der Waals surface area (Å²) in [6.45, 7) is 1.74. The standard InChI is InChI=1S/C19H22N4O4S/c1-13(14-8-10-15(11-9-14)28(20,26)27)21(2)18(24)12-23-17-7-5-4-6-16(17)22(3)19(23)25/h4-11,13H,12H2,1-3H3,(H2,20,26,27). The Morgan fingerprint density at radius 2 is 1.68 bits per heavy atom. The van der Waals surface area contributed by atoms with E-state index < -0.39 is 10.0 Å². The Balaban J connectivity index is 1.83. The quantitative estimate of drug-likeness (QED) is 0.692. The number of fused-ring (bicyclic) bond motifs is 1. The first-order valence-electron chi connectivity index (χ1n) is 8.64. The van der Waals surface area contributed by atoms with Gasteiger partial charge in [0.25, 0.3) is 0 Å². The van der Waals surface area contributed by atoms with Crippen molar-refractivity contribution < 1.29 is 13.2 Å². The number of sulfonamides is 1. The second kappa shape index (κ2) is 7.25. The normalized spacial score (nSPS) is 12.9. The molecule has 2 aromatic carbocycles. The number of hydrogen-bond donors (Lipinski definition) is 1. The fourth-order valence-electron chi connectivity index (χ4n) is 3.14. The van der Waals surface area contributed by atoms with Gasteiger partial charge in [-0.05, 0) is 36.8 Å². The molecule has 3 rings (SSSR count). The minimum Gasteiger partial charge on any atom is -0.337 e. The Morgan fingerprint density at radius 3 is 2.25 bits per heavy atom. The number of amides is 1. The molecule has 0 aliphatic carbocycles. The third-order valence-corrected chi connectivity index (χ3v) is 5.94. The molecule has 0 saturated carbocycles. The van der Waals surface area contributed by atoms with Crippen molar-refractivity contribution in [3.05, 3.63) is 64.6 Å². The van der Waals surface area contributed by atoms with E-state index in [9.17, 15) is 18.0 Å². The van der Waals surface area contributed by atoms with Gasteiger partial charge in [-0.1, -0.05) is 24.3 Å². The average Bonchev–Trinajstić information content (AvgIpc) is 2.91. The zero-order chi connectivity index (χ0) is 20.6. The SMILES string of the molecule is CC(c1ccc(S(N)(=O)=O)cc1)N(C)C(=O)Cn1c(=O)n(C)c2ccccc21. The van der Waals surface area contributed by atoms with Crippen molar-refractivity contribution >= 4 is 27.0 Å². The highest BCUT2D eigenvalue weighted by Gasteiger charge is 2.21. The highest BCUT2D eigenvalue weighted by atomic mass is 32.2. The van der Waals surface area contributed by atoms with Crippen molar-refractivity contribution in [3.63, 3.8) is 0 Å². The minimum atomic E-state index is -3.77. The van der Waals surface area contributed by atoms with Crippen LogP contribution in [0.3, 0.4) is 0 Å². The monoisotopic (exact) mass is 402 g/mol. The second-order valence-electron chi connectivity index (χ2n) is 6.71. The molecule has 1 amide bonds. The van der Waals surface area contributed by atoms with Gasteiger partial charge in [-0.15, -0.1) is 0 Å². The van der Waals surface area contributed by atoms with Crippen molar-refractivity contribution in [1.82, 2.24) is 14.0 Å². The molecule has 0 bridgehead atoms. The lowest BCUT2D eigenvalue weighted by Crippen LogP contribution is -2.35. The fourth-order valence-corrected chi connectivity index (χ4v) is 3.65. The lowest BCUT2D eigenvalue weighted by Gasteiger charge is -2.25. The van der Waals surface area contributed by atoms with Crippen molar-refractivity contribution in [2.24, 2.45) is 12.2 Å². The van der Waals surface area contributed by atoms with Crippen molar-refractivity contribution in [2.45, 2.75) is 24.4 Å². The molecule has 0 saturated heterocycles. The fraction of sp³-hybridized carbons (Fsp3) is 0.263. The summed E-state index contributed by atoms with van der Waals surface area (Å²) in [5.74, 6) is -0.235. The van der Waals surface area contributed by atoms with E-state index in [1.165, 1.54) is 26.2 Å². The third-order valence-electron chi connectivity index (χ3n) is 5.01. The number of rotatable bonds is 5. The van der Waals surface area contributed by atoms with Gasteiger partial charge in [0.1, 0.15) is 6.54 Å². The Hall–Kier alpha value is -2.91. The van der Waals surface area contributed by atoms with Gasteiger partial charge in [-0.3, -0.25) is 13.9 Å². The summed E-state index contributed by atoms with van der Waals surface area (Å²) in [4.78, 5) is 26.8. The van der Waals surface area contributed by atoms with Gasteiger partial charge in [0.15, 0.2) is 0 Å². The molecule has 2 N–H and O–H groups in total. The molecule has 1 atom stereocenters. The molecule has 1 unspecified atom stereocenters. The first-order chi connectivity index (χ1) is 13.1. The van der Waals surface area contributed by atoms with Gasteiger partial charge in [0, 0.05) is 14.1 Å². The minimum absolute atomic E-state index is 0.0136. The Morgan fingerprint density at radius 1 is 1.11 bits per heavy atom. The zero-order valence-electron chi connectivity index (χ0n) is 15.9. The highest BCUT2D eigenvalue weighted by molar-refractivity contribution is 7.89. The van der Waals surface area contributed by atoms with E-state index in [0.29, 0.717) is 5.52 Å². The van der Waals surface area contributed by atoms with Crippen LogP contribution >= 0.6 is 0 Å². The molecule has 8 nitrogen and oxygen atoms in total. The van der Waals surface area contributed by atoms with Crippen LogP contribution in [0, 0.1) is 0 Å². The predicted octanol–water partition coefficient (Wildman–Crippen LogP) is 1.21. The molecule has 0 fully saturated rings. The molecule has 9 heteroatoms. The Labute approximate surface area is 162 Å². The number of primary sulfonamides is 1. The van der Waals surface area contributed by atoms with Gasteiger partial charge in [0.05, 0.1) is 22.0 Å². The summed E-state index contributed by atoms with van der Waals surface area (Å²) in [7, 11) is -0.446. The molecular formula is C19H22N4O4S. The summed E-state index contributed by atoms with van der Waals surface area (Å²) >= 11 is 0. The maximum atomic E-state index is 12.8. The number of hydrogen-bond acceptors (Lipinski definition) is 4. The number of imidazole rings is 1. The topological polar surface area (TPSA) is 107 Å². The average molecular weight is 402 g/mol. The van der Waals surface area contributed by atoms with E-state index in [1.807, 2.05) is 25.1 Å². The largest absolute Gasteiger partial charge is 0.337 e. The van der Waals surface area contributed by atoms with Gasteiger partial charge in [0.2, 0.25) is 15.9 Å². The van der Waals surface area contributed by atoms with Gasteiger partial charge >= 0.3 is 5.69 Å². The van der Waals surface area contributed by atoms with Crippen LogP contribution in [0.1, 0.15) is 18.5 Å². The Bertz CT molecular complexity index is 1190. The molecular weight excluding hydrogens is 380 g/mol. The number of carbonyl (C=O) groups is 1. The third kappa shape index (κ3) is 3.58. The van der Waals surface area contributed by atoms with Crippen LogP contribution in [0.2, 0.25) is 0 Å². The van der Waals surface area contributed by atoms with Crippen LogP contribution in [-0.2, 0) is 28.4 Å². The summed E-state index contributed by atoms with van der Waals surface area (Å²) in [6.07, 6.45) is 0. The second-order valence-corrected chi connectivity index (χ2v) is 8.27. The summed E-state index contributed by atoms with van der Waals surface area (Å²) in [5.41, 5.74) is 1.96. The van der Waals surface area contributed by atoms with Crippen LogP contribution in [0.25, 0.3) is 11.0 Å². The van der Waals surface area contributed by atoms with E-state index in [1.54, 1.807) is 32.3 Å². The lowest BCUT2D eigenvalue weighted by atomic mass is 10.1. The van der Waals surface area contributed by atoms with Crippen molar-refractivity contribution in [1.29, 1.82) is 0 Å². The number of aryl methyl sites for hydroxylation is 1. The molecule has 148 valence electrons. The number of benzene rings is 2. The molecule has 0 radical (unpaired) electrons. The maximum absolute atomic E-state index is 12.8. The van der Waals surface area contributed by atoms with Crippen LogP contribution in [0.5, 0.6) is 0 Å². The number of aromatic nitrogens is 2. The van der Waals surface area contributed by atoms with Crippen LogP contribution < -0.4 is 10.8 Å². The lowest BCUT2D eigenvalue weighted by molar-refractivity contribution is -0.132. The van der Waals surface area contributed by atoms with E-state index in [4.69, 9.17) is 5.14 Å². The molecule has 1 aromatic heterocycles. The number of carbonyl (C=O) groups excluding carboxylic acids is 1. The molecule has 28 heavy (non-hydrogen) atoms. The van der Waals surface area contributed by atoms with E-state index in [2.05, 4.69) is 0 Å². The summed E-state index contributed by atoms with van der Waals surface area (Å²) < 4.78 is 25.7. The number of para-hydroxylation sites is 2.